The summed E-state index contributed by atoms with van der Waals surface area (Å²) < 4.78 is 0. The molecule has 3 nitrogen and oxygen atoms in total. The number of carbonyl (C=O) groups is 1. The first-order chi connectivity index (χ1) is 1.73. The largest absolute Gasteiger partial charge is 2.00 e. The van der Waals surface area contributed by atoms with Crippen LogP contribution in [0.2, 0.25) is 0 Å². The fourth-order valence-corrected chi connectivity index (χ4v) is 0. The van der Waals surface area contributed by atoms with Crippen LogP contribution in [0.5, 0.6) is 0 Å². The van der Waals surface area contributed by atoms with Gasteiger partial charge in [-0.1, -0.05) is 0 Å². The molecule has 0 aromatic carbocycles. The van der Waals surface area contributed by atoms with Gasteiger partial charge in [-0.25, -0.2) is 0 Å². The third-order valence-electron chi connectivity index (χ3n) is 0. The van der Waals surface area contributed by atoms with Gasteiger partial charge >= 0.3 is 97.8 Å². The summed E-state index contributed by atoms with van der Waals surface area (Å²) in [6.07, 6.45) is -2.33. The smallest absolute Gasteiger partial charge is 1.00 e. The Kier molecular flexibility index (Phi) is 51.3. The van der Waals surface area contributed by atoms with Crippen LogP contribution in [-0.2, 0) is 0 Å². The first-order valence-electron chi connectivity index (χ1n) is 0.612. The Morgan fingerprint density at radius 1 is 1.29 bits per heavy atom. The molecule has 0 saturated carbocycles. The van der Waals surface area contributed by atoms with E-state index in [1.54, 1.807) is 0 Å². The zero-order valence-corrected chi connectivity index (χ0v) is 13.5. The number of carbonyl (C=O) groups excluding carboxylic acids is 1. The monoisotopic (exact) mass is 372 g/mol. The molecule has 7 heavy (non-hydrogen) atoms. The molecule has 0 aliphatic rings. The molecule has 0 heterocycles. The summed E-state index contributed by atoms with van der Waals surface area (Å²) in [5.74, 6) is 0. The fraction of sp³-hybridized carbons (Fsp3) is 0. The van der Waals surface area contributed by atoms with Gasteiger partial charge in [-0.3, -0.25) is 0 Å². The minimum atomic E-state index is -2.33. The van der Waals surface area contributed by atoms with Gasteiger partial charge in [0.1, 0.15) is 0 Å². The van der Waals surface area contributed by atoms with Crippen molar-refractivity contribution in [3.63, 3.8) is 0 Å². The van der Waals surface area contributed by atoms with Gasteiger partial charge in [0.25, 0.3) is 0 Å². The number of carboxylic acid groups (broad SMARTS) is 2. The molecule has 0 atom stereocenters. The Morgan fingerprint density at radius 2 is 1.29 bits per heavy atom. The summed E-state index contributed by atoms with van der Waals surface area (Å²) in [5.41, 5.74) is 0. The van der Waals surface area contributed by atoms with Crippen molar-refractivity contribution in [2.24, 2.45) is 0 Å². The van der Waals surface area contributed by atoms with Crippen LogP contribution in [-0.4, -0.2) is 104 Å². The van der Waals surface area contributed by atoms with E-state index in [9.17, 15) is 0 Å². The van der Waals surface area contributed by atoms with Crippen LogP contribution in [0.15, 0.2) is 0 Å². The van der Waals surface area contributed by atoms with Crippen LogP contribution in [0, 0.1) is 0 Å². The molecule has 6 heteroatoms. The Morgan fingerprint density at radius 3 is 1.29 bits per heavy atom. The fourth-order valence-electron chi connectivity index (χ4n) is 0. The number of hydrogen-bond donors (Lipinski definition) is 0. The summed E-state index contributed by atoms with van der Waals surface area (Å²) in [6, 6.07) is 0. The van der Waals surface area contributed by atoms with Gasteiger partial charge in [0.15, 0.2) is 0 Å². The standard InChI is InChI=1S/CH2O3.2Ba.H2S.2H/c2-1(3)4;;;;;/h(H2,2,3,4);;;1H2;;/q;2*+2;;2*-1/p-2. The van der Waals surface area contributed by atoms with Crippen molar-refractivity contribution in [2.45, 2.75) is 0 Å². The molecule has 0 fully saturated rings. The molecular weight excluding hydrogens is 367 g/mol. The minimum absolute atomic E-state index is 0. The molecule has 0 amide bonds. The van der Waals surface area contributed by atoms with E-state index in [0.717, 1.165) is 0 Å². The zero-order valence-electron chi connectivity index (χ0n) is 5.64. The zero-order chi connectivity index (χ0) is 3.58. The molecule has 0 aromatic heterocycles. The molecular formula is CH4Ba2O3S. The summed E-state index contributed by atoms with van der Waals surface area (Å²) in [7, 11) is 0. The van der Waals surface area contributed by atoms with Crippen molar-refractivity contribution in [1.29, 1.82) is 0 Å². The molecule has 0 unspecified atom stereocenters. The van der Waals surface area contributed by atoms with Crippen LogP contribution in [0.1, 0.15) is 2.85 Å². The van der Waals surface area contributed by atoms with Gasteiger partial charge in [-0.05, 0) is 6.16 Å². The number of rotatable bonds is 0. The van der Waals surface area contributed by atoms with Gasteiger partial charge in [-0.2, -0.15) is 13.5 Å². The van der Waals surface area contributed by atoms with Crippen molar-refractivity contribution >= 4 is 117 Å². The second-order valence-corrected chi connectivity index (χ2v) is 0.250. The quantitative estimate of drug-likeness (QED) is 0.431. The Labute approximate surface area is 132 Å². The van der Waals surface area contributed by atoms with Crippen molar-refractivity contribution < 1.29 is 17.9 Å². The molecule has 0 spiro atoms. The van der Waals surface area contributed by atoms with Crippen LogP contribution in [0.3, 0.4) is 0 Å². The van der Waals surface area contributed by atoms with Crippen LogP contribution in [0.4, 0.5) is 4.79 Å². The molecule has 0 N–H and O–H groups in total. The van der Waals surface area contributed by atoms with Crippen LogP contribution >= 0.6 is 13.5 Å². The van der Waals surface area contributed by atoms with E-state index in [1.165, 1.54) is 0 Å². The molecule has 0 bridgehead atoms. The Hall–Kier alpha value is 2.76. The van der Waals surface area contributed by atoms with Gasteiger partial charge in [-0.15, -0.1) is 0 Å². The average Bonchev–Trinajstić information content (AvgIpc) is 0.811. The first-order valence-corrected chi connectivity index (χ1v) is 0.612. The Bertz CT molecular complexity index is 42.8. The maximum atomic E-state index is 8.33. The third-order valence-corrected chi connectivity index (χ3v) is 0. The first kappa shape index (κ1) is 22.6. The Balaban J connectivity index is -0.00000000450. The summed E-state index contributed by atoms with van der Waals surface area (Å²) in [6.45, 7) is 0. The van der Waals surface area contributed by atoms with E-state index in [-0.39, 0.29) is 114 Å². The van der Waals surface area contributed by atoms with Crippen molar-refractivity contribution in [3.8, 4) is 0 Å². The van der Waals surface area contributed by atoms with E-state index in [1.807, 2.05) is 0 Å². The van der Waals surface area contributed by atoms with Crippen LogP contribution in [0.25, 0.3) is 0 Å². The predicted octanol–water partition coefficient (Wildman–Crippen LogP) is -2.87. The SMILES string of the molecule is O=C([O-])[O-].S.[Ba+2].[Ba+2].[H-].[H-]. The van der Waals surface area contributed by atoms with Gasteiger partial charge < -0.3 is 17.9 Å². The topological polar surface area (TPSA) is 63.2 Å². The normalized spacial score (nSPS) is 3.43. The van der Waals surface area contributed by atoms with E-state index in [2.05, 4.69) is 0 Å². The second-order valence-electron chi connectivity index (χ2n) is 0.250. The maximum Gasteiger partial charge on any atom is 2.00 e. The van der Waals surface area contributed by atoms with Crippen molar-refractivity contribution in [1.82, 2.24) is 0 Å². The third kappa shape index (κ3) is 52.5. The average molecular weight is 371 g/mol. The molecule has 0 saturated heterocycles. The molecule has 0 aromatic rings. The van der Waals surface area contributed by atoms with Gasteiger partial charge in [0.05, 0.1) is 0 Å². The van der Waals surface area contributed by atoms with E-state index >= 15 is 0 Å². The molecule has 0 aliphatic carbocycles. The van der Waals surface area contributed by atoms with E-state index in [4.69, 9.17) is 15.0 Å². The maximum absolute atomic E-state index is 8.33. The predicted molar refractivity (Wildman–Crippen MR) is 29.5 cm³/mol. The van der Waals surface area contributed by atoms with Gasteiger partial charge in [0, 0.05) is 0 Å². The molecule has 0 rings (SSSR count). The van der Waals surface area contributed by atoms with Crippen molar-refractivity contribution in [2.75, 3.05) is 0 Å². The van der Waals surface area contributed by atoms with Crippen molar-refractivity contribution in [3.05, 3.63) is 0 Å². The summed E-state index contributed by atoms with van der Waals surface area (Å²) >= 11 is 0. The minimum Gasteiger partial charge on any atom is -1.00 e. The number of hydrogen-bond acceptors (Lipinski definition) is 3. The van der Waals surface area contributed by atoms with E-state index in [0.29, 0.717) is 0 Å². The molecule has 36 valence electrons. The van der Waals surface area contributed by atoms with Gasteiger partial charge in [0.2, 0.25) is 0 Å². The molecule has 0 radical (unpaired) electrons. The summed E-state index contributed by atoms with van der Waals surface area (Å²) in [4.78, 5) is 8.33. The summed E-state index contributed by atoms with van der Waals surface area (Å²) in [5, 5.41) is 16.7. The second kappa shape index (κ2) is 15.9. The van der Waals surface area contributed by atoms with E-state index < -0.39 is 6.16 Å². The van der Waals surface area contributed by atoms with Crippen LogP contribution < -0.4 is 10.2 Å². The molecule has 0 aliphatic heterocycles.